The number of benzene rings is 1. The van der Waals surface area contributed by atoms with E-state index < -0.39 is 17.6 Å². The topological polar surface area (TPSA) is 58.6 Å². The lowest BCUT2D eigenvalue weighted by atomic mass is 9.89. The highest BCUT2D eigenvalue weighted by atomic mass is 19.1. The molecule has 1 saturated carbocycles. The van der Waals surface area contributed by atoms with Crippen molar-refractivity contribution in [3.05, 3.63) is 35.6 Å². The standard InChI is InChI=1S/C20H27FN2O3/c1-3-14(2)22-18(24)17-13-26-20(10-5-4-6-11-20)23(17)19(25)15-8-7-9-16(21)12-15/h7-9,12,14,17H,3-6,10-11,13H2,1-2H3,(H,22,24). The molecule has 3 rings (SSSR count). The fourth-order valence-corrected chi connectivity index (χ4v) is 3.87. The number of nitrogens with zero attached hydrogens (tertiary/aromatic N) is 1. The van der Waals surface area contributed by atoms with Crippen molar-refractivity contribution in [1.29, 1.82) is 0 Å². The van der Waals surface area contributed by atoms with Crippen molar-refractivity contribution in [2.24, 2.45) is 0 Å². The van der Waals surface area contributed by atoms with Gasteiger partial charge in [0.15, 0.2) is 0 Å². The van der Waals surface area contributed by atoms with Crippen LogP contribution in [0, 0.1) is 5.82 Å². The van der Waals surface area contributed by atoms with E-state index in [0.717, 1.165) is 25.7 Å². The fraction of sp³-hybridized carbons (Fsp3) is 0.600. The molecule has 26 heavy (non-hydrogen) atoms. The Morgan fingerprint density at radius 2 is 2.08 bits per heavy atom. The summed E-state index contributed by atoms with van der Waals surface area (Å²) in [4.78, 5) is 27.6. The van der Waals surface area contributed by atoms with E-state index >= 15 is 0 Å². The van der Waals surface area contributed by atoms with Crippen LogP contribution in [0.4, 0.5) is 4.39 Å². The van der Waals surface area contributed by atoms with E-state index in [0.29, 0.717) is 12.8 Å². The molecule has 1 N–H and O–H groups in total. The third-order valence-electron chi connectivity index (χ3n) is 5.49. The first-order chi connectivity index (χ1) is 12.5. The predicted octanol–water partition coefficient (Wildman–Crippen LogP) is 3.24. The number of hydrogen-bond donors (Lipinski definition) is 1. The molecular formula is C20H27FN2O3. The molecule has 1 aliphatic heterocycles. The van der Waals surface area contributed by atoms with Crippen molar-refractivity contribution in [1.82, 2.24) is 10.2 Å². The van der Waals surface area contributed by atoms with Crippen LogP contribution >= 0.6 is 0 Å². The Bertz CT molecular complexity index is 673. The van der Waals surface area contributed by atoms with Crippen molar-refractivity contribution in [3.63, 3.8) is 0 Å². The Hall–Kier alpha value is -1.95. The van der Waals surface area contributed by atoms with E-state index in [9.17, 15) is 14.0 Å². The van der Waals surface area contributed by atoms with Crippen LogP contribution in [-0.2, 0) is 9.53 Å². The second-order valence-corrected chi connectivity index (χ2v) is 7.34. The summed E-state index contributed by atoms with van der Waals surface area (Å²) < 4.78 is 19.7. The average Bonchev–Trinajstić information content (AvgIpc) is 3.00. The molecule has 1 spiro atoms. The van der Waals surface area contributed by atoms with E-state index in [1.807, 2.05) is 13.8 Å². The molecule has 2 atom stereocenters. The third-order valence-corrected chi connectivity index (χ3v) is 5.49. The van der Waals surface area contributed by atoms with Crippen molar-refractivity contribution in [3.8, 4) is 0 Å². The lowest BCUT2D eigenvalue weighted by molar-refractivity contribution is -0.127. The number of nitrogens with one attached hydrogen (secondary N) is 1. The van der Waals surface area contributed by atoms with E-state index in [2.05, 4.69) is 5.32 Å². The molecule has 0 bridgehead atoms. The number of halogens is 1. The normalized spacial score (nSPS) is 23.0. The van der Waals surface area contributed by atoms with Crippen LogP contribution in [0.3, 0.4) is 0 Å². The molecular weight excluding hydrogens is 335 g/mol. The van der Waals surface area contributed by atoms with Crippen LogP contribution in [0.25, 0.3) is 0 Å². The van der Waals surface area contributed by atoms with Crippen molar-refractivity contribution in [2.75, 3.05) is 6.61 Å². The molecule has 2 unspecified atom stereocenters. The summed E-state index contributed by atoms with van der Waals surface area (Å²) in [5.41, 5.74) is -0.499. The summed E-state index contributed by atoms with van der Waals surface area (Å²) in [7, 11) is 0. The summed E-state index contributed by atoms with van der Waals surface area (Å²) in [5.74, 6) is -1.01. The maximum Gasteiger partial charge on any atom is 0.256 e. The van der Waals surface area contributed by atoms with Gasteiger partial charge >= 0.3 is 0 Å². The van der Waals surface area contributed by atoms with Gasteiger partial charge in [-0.2, -0.15) is 0 Å². The summed E-state index contributed by atoms with van der Waals surface area (Å²) >= 11 is 0. The van der Waals surface area contributed by atoms with Gasteiger partial charge in [0, 0.05) is 11.6 Å². The van der Waals surface area contributed by atoms with Gasteiger partial charge in [0.1, 0.15) is 17.6 Å². The second-order valence-electron chi connectivity index (χ2n) is 7.34. The van der Waals surface area contributed by atoms with E-state index in [-0.39, 0.29) is 30.0 Å². The predicted molar refractivity (Wildman–Crippen MR) is 96.0 cm³/mol. The molecule has 2 amide bonds. The van der Waals surface area contributed by atoms with Crippen LogP contribution in [0.1, 0.15) is 62.7 Å². The molecule has 0 aromatic heterocycles. The summed E-state index contributed by atoms with van der Waals surface area (Å²) in [6.07, 6.45) is 5.22. The monoisotopic (exact) mass is 362 g/mol. The van der Waals surface area contributed by atoms with Crippen molar-refractivity contribution >= 4 is 11.8 Å². The van der Waals surface area contributed by atoms with Gasteiger partial charge < -0.3 is 10.1 Å². The van der Waals surface area contributed by atoms with Gasteiger partial charge in [0.05, 0.1) is 6.61 Å². The number of rotatable bonds is 4. The van der Waals surface area contributed by atoms with E-state index in [1.54, 1.807) is 11.0 Å². The fourth-order valence-electron chi connectivity index (χ4n) is 3.87. The van der Waals surface area contributed by atoms with Crippen LogP contribution in [0.5, 0.6) is 0 Å². The summed E-state index contributed by atoms with van der Waals surface area (Å²) in [6.45, 7) is 4.11. The number of amides is 2. The molecule has 2 aliphatic rings. The minimum Gasteiger partial charge on any atom is -0.353 e. The van der Waals surface area contributed by atoms with E-state index in [4.69, 9.17) is 4.74 Å². The first-order valence-electron chi connectivity index (χ1n) is 9.50. The largest absolute Gasteiger partial charge is 0.353 e. The van der Waals surface area contributed by atoms with E-state index in [1.165, 1.54) is 18.2 Å². The Labute approximate surface area is 153 Å². The summed E-state index contributed by atoms with van der Waals surface area (Å²) in [5, 5.41) is 2.95. The lowest BCUT2D eigenvalue weighted by Gasteiger charge is -2.41. The molecule has 142 valence electrons. The SMILES string of the molecule is CCC(C)NC(=O)C1COC2(CCCCC2)N1C(=O)c1cccc(F)c1. The highest BCUT2D eigenvalue weighted by molar-refractivity contribution is 5.98. The maximum atomic E-state index is 13.6. The minimum absolute atomic E-state index is 0.0246. The van der Waals surface area contributed by atoms with Crippen molar-refractivity contribution < 1.29 is 18.7 Å². The molecule has 1 saturated heterocycles. The molecule has 1 aromatic rings. The lowest BCUT2D eigenvalue weighted by Crippen LogP contribution is -2.57. The third kappa shape index (κ3) is 3.61. The van der Waals surface area contributed by atoms with Crippen molar-refractivity contribution in [2.45, 2.75) is 70.2 Å². The Balaban J connectivity index is 1.92. The van der Waals surface area contributed by atoms with Gasteiger partial charge in [0.25, 0.3) is 5.91 Å². The van der Waals surface area contributed by atoms with Gasteiger partial charge in [-0.05, 0) is 57.2 Å². The molecule has 1 heterocycles. The van der Waals surface area contributed by atoms with Gasteiger partial charge in [-0.25, -0.2) is 4.39 Å². The average molecular weight is 362 g/mol. The van der Waals surface area contributed by atoms with Crippen LogP contribution in [0.15, 0.2) is 24.3 Å². The van der Waals surface area contributed by atoms with Crippen LogP contribution in [0.2, 0.25) is 0 Å². The first kappa shape index (κ1) is 18.8. The highest BCUT2D eigenvalue weighted by Crippen LogP contribution is 2.41. The zero-order chi connectivity index (χ0) is 18.7. The quantitative estimate of drug-likeness (QED) is 0.895. The molecule has 1 aromatic carbocycles. The minimum atomic E-state index is -0.751. The molecule has 0 radical (unpaired) electrons. The van der Waals surface area contributed by atoms with Gasteiger partial charge in [-0.3, -0.25) is 14.5 Å². The van der Waals surface area contributed by atoms with Gasteiger partial charge in [-0.1, -0.05) is 19.4 Å². The van der Waals surface area contributed by atoms with Crippen LogP contribution in [-0.4, -0.2) is 41.1 Å². The highest BCUT2D eigenvalue weighted by Gasteiger charge is 2.53. The Morgan fingerprint density at radius 1 is 1.35 bits per heavy atom. The summed E-state index contributed by atoms with van der Waals surface area (Å²) in [6, 6.07) is 4.97. The number of ether oxygens (including phenoxy) is 1. The molecule has 6 heteroatoms. The van der Waals surface area contributed by atoms with Gasteiger partial charge in [0.2, 0.25) is 5.91 Å². The number of carbonyl (C=O) groups is 2. The first-order valence-corrected chi connectivity index (χ1v) is 9.50. The zero-order valence-corrected chi connectivity index (χ0v) is 15.5. The molecule has 5 nitrogen and oxygen atoms in total. The number of hydrogen-bond acceptors (Lipinski definition) is 3. The Morgan fingerprint density at radius 3 is 2.73 bits per heavy atom. The second kappa shape index (κ2) is 7.74. The zero-order valence-electron chi connectivity index (χ0n) is 15.5. The number of carbonyl (C=O) groups excluding carboxylic acids is 2. The van der Waals surface area contributed by atoms with Gasteiger partial charge in [-0.15, -0.1) is 0 Å². The van der Waals surface area contributed by atoms with Crippen LogP contribution < -0.4 is 5.32 Å². The molecule has 2 fully saturated rings. The maximum absolute atomic E-state index is 13.6. The smallest absolute Gasteiger partial charge is 0.256 e. The molecule has 1 aliphatic carbocycles. The Kier molecular flexibility index (Phi) is 5.61.